The molecule has 0 radical (unpaired) electrons. The van der Waals surface area contributed by atoms with Crippen LogP contribution in [0.3, 0.4) is 0 Å². The first kappa shape index (κ1) is 18.4. The van der Waals surface area contributed by atoms with Crippen molar-refractivity contribution in [2.45, 2.75) is 77.1 Å². The highest BCUT2D eigenvalue weighted by Crippen LogP contribution is 2.44. The van der Waals surface area contributed by atoms with E-state index in [1.54, 1.807) is 0 Å². The zero-order valence-electron chi connectivity index (χ0n) is 14.8. The highest BCUT2D eigenvalue weighted by Gasteiger charge is 2.50. The van der Waals surface area contributed by atoms with E-state index in [-0.39, 0.29) is 23.7 Å². The molecule has 0 bridgehead atoms. The van der Waals surface area contributed by atoms with Crippen LogP contribution >= 0.6 is 0 Å². The van der Waals surface area contributed by atoms with E-state index >= 15 is 0 Å². The van der Waals surface area contributed by atoms with Crippen LogP contribution in [0, 0.1) is 5.41 Å². The Morgan fingerprint density at radius 1 is 1.43 bits per heavy atom. The quantitative estimate of drug-likeness (QED) is 0.596. The predicted octanol–water partition coefficient (Wildman–Crippen LogP) is 3.92. The largest absolute Gasteiger partial charge is 0.393 e. The molecule has 1 aliphatic heterocycles. The van der Waals surface area contributed by atoms with Crippen molar-refractivity contribution < 1.29 is 14.9 Å². The van der Waals surface area contributed by atoms with Crippen molar-refractivity contribution in [2.24, 2.45) is 5.41 Å². The van der Waals surface area contributed by atoms with Crippen molar-refractivity contribution in [3.8, 4) is 0 Å². The number of aliphatic hydroxyl groups excluding tert-OH is 2. The molecule has 2 rings (SSSR count). The Bertz CT molecular complexity index is 493. The fourth-order valence-corrected chi connectivity index (χ4v) is 3.58. The first-order chi connectivity index (χ1) is 10.8. The molecule has 0 aromatic heterocycles. The van der Waals surface area contributed by atoms with Crippen LogP contribution in [0.4, 0.5) is 0 Å². The molecule has 4 atom stereocenters. The van der Waals surface area contributed by atoms with Gasteiger partial charge >= 0.3 is 0 Å². The monoisotopic (exact) mass is 320 g/mol. The molecule has 1 fully saturated rings. The molecule has 1 heterocycles. The average Bonchev–Trinajstić information content (AvgIpc) is 3.07. The summed E-state index contributed by atoms with van der Waals surface area (Å²) >= 11 is 0. The fourth-order valence-electron chi connectivity index (χ4n) is 3.58. The molecule has 0 saturated carbocycles. The summed E-state index contributed by atoms with van der Waals surface area (Å²) in [6, 6.07) is 0. The Kier molecular flexibility index (Phi) is 5.88. The van der Waals surface area contributed by atoms with Gasteiger partial charge in [-0.25, -0.2) is 0 Å². The van der Waals surface area contributed by atoms with E-state index in [1.807, 2.05) is 6.92 Å². The summed E-state index contributed by atoms with van der Waals surface area (Å²) in [5, 5.41) is 19.9. The number of hydrogen-bond acceptors (Lipinski definition) is 3. The lowest BCUT2D eigenvalue weighted by molar-refractivity contribution is 0.125. The maximum atomic E-state index is 10.3. The molecular formula is C20H32O3. The van der Waals surface area contributed by atoms with Gasteiger partial charge in [-0.15, -0.1) is 6.58 Å². The molecule has 0 spiro atoms. The first-order valence-corrected chi connectivity index (χ1v) is 8.73. The van der Waals surface area contributed by atoms with E-state index in [0.29, 0.717) is 18.9 Å². The van der Waals surface area contributed by atoms with Gasteiger partial charge in [-0.05, 0) is 63.4 Å². The van der Waals surface area contributed by atoms with Gasteiger partial charge in [0, 0.05) is 0 Å². The average molecular weight is 320 g/mol. The van der Waals surface area contributed by atoms with E-state index in [4.69, 9.17) is 4.74 Å². The number of ether oxygens (including phenoxy) is 1. The molecule has 0 aromatic rings. The molecule has 1 aliphatic carbocycles. The van der Waals surface area contributed by atoms with Crippen LogP contribution in [0.2, 0.25) is 0 Å². The Balaban J connectivity index is 2.13. The van der Waals surface area contributed by atoms with Crippen molar-refractivity contribution in [3.05, 3.63) is 36.0 Å². The van der Waals surface area contributed by atoms with Gasteiger partial charge in [-0.3, -0.25) is 0 Å². The predicted molar refractivity (Wildman–Crippen MR) is 94.2 cm³/mol. The van der Waals surface area contributed by atoms with Gasteiger partial charge in [0.05, 0.1) is 24.4 Å². The van der Waals surface area contributed by atoms with E-state index in [2.05, 4.69) is 38.7 Å². The third-order valence-electron chi connectivity index (χ3n) is 5.15. The van der Waals surface area contributed by atoms with Crippen molar-refractivity contribution in [2.75, 3.05) is 6.61 Å². The molecule has 3 nitrogen and oxygen atoms in total. The van der Waals surface area contributed by atoms with E-state index in [9.17, 15) is 10.2 Å². The number of aliphatic hydroxyl groups is 2. The van der Waals surface area contributed by atoms with Crippen LogP contribution in [0.15, 0.2) is 36.0 Å². The van der Waals surface area contributed by atoms with Gasteiger partial charge in [0.25, 0.3) is 0 Å². The van der Waals surface area contributed by atoms with Gasteiger partial charge < -0.3 is 14.9 Å². The number of epoxide rings is 1. The highest BCUT2D eigenvalue weighted by atomic mass is 16.6. The second-order valence-corrected chi connectivity index (χ2v) is 7.96. The summed E-state index contributed by atoms with van der Waals surface area (Å²) in [6.45, 7) is 10.3. The summed E-state index contributed by atoms with van der Waals surface area (Å²) in [5.41, 5.74) is 1.94. The minimum absolute atomic E-state index is 0.0430. The Morgan fingerprint density at radius 3 is 2.83 bits per heavy atom. The third-order valence-corrected chi connectivity index (χ3v) is 5.15. The van der Waals surface area contributed by atoms with Crippen LogP contribution in [-0.4, -0.2) is 34.6 Å². The van der Waals surface area contributed by atoms with Gasteiger partial charge in [0.2, 0.25) is 0 Å². The molecule has 2 N–H and O–H groups in total. The van der Waals surface area contributed by atoms with E-state index in [1.165, 1.54) is 0 Å². The van der Waals surface area contributed by atoms with Crippen molar-refractivity contribution in [1.82, 2.24) is 0 Å². The molecule has 23 heavy (non-hydrogen) atoms. The van der Waals surface area contributed by atoms with Crippen LogP contribution in [0.5, 0.6) is 0 Å². The molecule has 1 unspecified atom stereocenters. The second-order valence-electron chi connectivity index (χ2n) is 7.96. The van der Waals surface area contributed by atoms with Crippen LogP contribution in [0.1, 0.15) is 59.3 Å². The minimum Gasteiger partial charge on any atom is -0.393 e. The molecule has 130 valence electrons. The zero-order valence-corrected chi connectivity index (χ0v) is 14.8. The van der Waals surface area contributed by atoms with Crippen molar-refractivity contribution >= 4 is 0 Å². The fraction of sp³-hybridized carbons (Fsp3) is 0.700. The van der Waals surface area contributed by atoms with Gasteiger partial charge in [0.1, 0.15) is 0 Å². The standard InChI is InChI=1S/C20H32O3/c1-15(2)12-17(22)13-19(3)9-5-10-20(4)18(23-20)7-6-16(14-21)8-11-19/h5,8-9,17-18,21-22H,1,6-7,10-14H2,2-4H3/b9-5+,16-8+/t17?,18-,19-,20+/m1/s1. The minimum atomic E-state index is -0.376. The summed E-state index contributed by atoms with van der Waals surface area (Å²) in [7, 11) is 0. The molecule has 2 aliphatic rings. The molecular weight excluding hydrogens is 288 g/mol. The Morgan fingerprint density at radius 2 is 2.17 bits per heavy atom. The van der Waals surface area contributed by atoms with Crippen LogP contribution in [-0.2, 0) is 4.74 Å². The molecule has 1 saturated heterocycles. The normalized spacial score (nSPS) is 39.3. The topological polar surface area (TPSA) is 53.0 Å². The number of allylic oxidation sites excluding steroid dienone is 2. The highest BCUT2D eigenvalue weighted by molar-refractivity contribution is 5.14. The lowest BCUT2D eigenvalue weighted by Crippen LogP contribution is -2.22. The van der Waals surface area contributed by atoms with Gasteiger partial charge in [-0.2, -0.15) is 0 Å². The van der Waals surface area contributed by atoms with Crippen molar-refractivity contribution in [3.63, 3.8) is 0 Å². The maximum absolute atomic E-state index is 10.3. The molecule has 3 heteroatoms. The number of hydrogen-bond donors (Lipinski definition) is 2. The Labute approximate surface area is 140 Å². The lowest BCUT2D eigenvalue weighted by atomic mass is 9.79. The maximum Gasteiger partial charge on any atom is 0.0954 e. The molecule has 0 aromatic carbocycles. The van der Waals surface area contributed by atoms with E-state index in [0.717, 1.165) is 36.8 Å². The lowest BCUT2D eigenvalue weighted by Gasteiger charge is -2.28. The SMILES string of the molecule is C=C(C)CC(O)C[C@]1(C)/C=C/C[C@]2(C)O[C@@H]2CC/C(CO)=C\C1. The van der Waals surface area contributed by atoms with E-state index < -0.39 is 0 Å². The molecule has 0 amide bonds. The first-order valence-electron chi connectivity index (χ1n) is 8.73. The van der Waals surface area contributed by atoms with Crippen molar-refractivity contribution in [1.29, 1.82) is 0 Å². The van der Waals surface area contributed by atoms with Crippen LogP contribution < -0.4 is 0 Å². The Hall–Kier alpha value is -0.900. The summed E-state index contributed by atoms with van der Waals surface area (Å²) < 4.78 is 5.85. The van der Waals surface area contributed by atoms with Gasteiger partial charge in [-0.1, -0.05) is 30.7 Å². The second kappa shape index (κ2) is 7.33. The summed E-state index contributed by atoms with van der Waals surface area (Å²) in [6.07, 6.45) is 11.5. The van der Waals surface area contributed by atoms with Gasteiger partial charge in [0.15, 0.2) is 0 Å². The smallest absolute Gasteiger partial charge is 0.0954 e. The number of fused-ring (bicyclic) bond motifs is 1. The summed E-state index contributed by atoms with van der Waals surface area (Å²) in [5.74, 6) is 0. The third kappa shape index (κ3) is 5.30. The van der Waals surface area contributed by atoms with Crippen LogP contribution in [0.25, 0.3) is 0 Å². The zero-order chi connectivity index (χ0) is 17.1. The number of rotatable bonds is 5. The summed E-state index contributed by atoms with van der Waals surface area (Å²) in [4.78, 5) is 0.